The zero-order valence-electron chi connectivity index (χ0n) is 15.2. The normalized spacial score (nSPS) is 16.7. The summed E-state index contributed by atoms with van der Waals surface area (Å²) >= 11 is 0. The molecule has 0 radical (unpaired) electrons. The number of quaternary nitrogens is 1. The van der Waals surface area contributed by atoms with Crippen molar-refractivity contribution < 1.29 is 19.7 Å². The smallest absolute Gasteiger partial charge is 0.274 e. The van der Waals surface area contributed by atoms with Crippen molar-refractivity contribution >= 4 is 5.82 Å². The summed E-state index contributed by atoms with van der Waals surface area (Å²) in [4.78, 5) is 7.09. The van der Waals surface area contributed by atoms with Crippen LogP contribution in [0.3, 0.4) is 0 Å². The quantitative estimate of drug-likeness (QED) is 0.791. The van der Waals surface area contributed by atoms with Gasteiger partial charge in [-0.3, -0.25) is 4.90 Å². The minimum Gasteiger partial charge on any atom is -0.490 e. The molecule has 0 aliphatic carbocycles. The monoisotopic (exact) mass is 343 g/mol. The van der Waals surface area contributed by atoms with Crippen molar-refractivity contribution in [3.63, 3.8) is 0 Å². The number of aryl methyl sites for hydroxylation is 2. The van der Waals surface area contributed by atoms with Gasteiger partial charge in [0.2, 0.25) is 0 Å². The maximum absolute atomic E-state index is 10.4. The molecule has 1 saturated heterocycles. The van der Waals surface area contributed by atoms with Crippen LogP contribution in [0.25, 0.3) is 0 Å². The molecule has 2 heterocycles. The SMILES string of the molecule is Cc1cccc(C)c1OC[C@H](O)C[NH+]1CCN(c2cccc[nH+]2)CC1. The number of nitrogens with zero attached hydrogens (tertiary/aromatic N) is 1. The molecule has 134 valence electrons. The molecule has 3 rings (SSSR count). The van der Waals surface area contributed by atoms with Gasteiger partial charge in [-0.15, -0.1) is 0 Å². The molecule has 2 aromatic rings. The Morgan fingerprint density at radius 2 is 1.84 bits per heavy atom. The van der Waals surface area contributed by atoms with E-state index >= 15 is 0 Å². The van der Waals surface area contributed by atoms with Crippen molar-refractivity contribution in [2.75, 3.05) is 44.2 Å². The number of aliphatic hydroxyl groups is 1. The number of aromatic amines is 1. The van der Waals surface area contributed by atoms with E-state index in [1.807, 2.05) is 44.3 Å². The number of aliphatic hydroxyl groups excluding tert-OH is 1. The van der Waals surface area contributed by atoms with Crippen LogP contribution in [0.5, 0.6) is 5.75 Å². The minimum atomic E-state index is -0.441. The Morgan fingerprint density at radius 3 is 2.48 bits per heavy atom. The standard InChI is InChI=1S/C20H27N3O2/c1-16-6-5-7-17(2)20(16)25-15-18(24)14-22-10-12-23(13-11-22)19-8-3-4-9-21-19/h3-9,18,24H,10-15H2,1-2H3/p+2/t18-/m1/s1. The lowest BCUT2D eigenvalue weighted by molar-refractivity contribution is -0.903. The summed E-state index contributed by atoms with van der Waals surface area (Å²) in [5.74, 6) is 2.07. The molecule has 0 amide bonds. The molecule has 1 aromatic carbocycles. The Labute approximate surface area is 149 Å². The van der Waals surface area contributed by atoms with Crippen LogP contribution in [0.4, 0.5) is 5.82 Å². The van der Waals surface area contributed by atoms with Gasteiger partial charge in [0.1, 0.15) is 51.2 Å². The molecule has 1 fully saturated rings. The predicted molar refractivity (Wildman–Crippen MR) is 98.2 cm³/mol. The molecule has 5 heteroatoms. The number of H-pyrrole nitrogens is 1. The number of rotatable bonds is 6. The fourth-order valence-corrected chi connectivity index (χ4v) is 3.45. The van der Waals surface area contributed by atoms with Crippen molar-refractivity contribution in [3.05, 3.63) is 53.7 Å². The van der Waals surface area contributed by atoms with Gasteiger partial charge in [0.05, 0.1) is 6.20 Å². The fraction of sp³-hybridized carbons (Fsp3) is 0.450. The molecule has 5 nitrogen and oxygen atoms in total. The van der Waals surface area contributed by atoms with E-state index < -0.39 is 6.10 Å². The topological polar surface area (TPSA) is 51.3 Å². The zero-order chi connectivity index (χ0) is 17.6. The van der Waals surface area contributed by atoms with Crippen LogP contribution in [-0.4, -0.2) is 50.5 Å². The Balaban J connectivity index is 1.44. The number of hydrogen-bond donors (Lipinski definition) is 2. The van der Waals surface area contributed by atoms with Crippen LogP contribution in [-0.2, 0) is 0 Å². The molecule has 0 spiro atoms. The molecule has 0 saturated carbocycles. The van der Waals surface area contributed by atoms with Gasteiger partial charge in [-0.05, 0) is 31.0 Å². The van der Waals surface area contributed by atoms with E-state index in [1.165, 1.54) is 10.7 Å². The number of hydrogen-bond acceptors (Lipinski definition) is 3. The van der Waals surface area contributed by atoms with Crippen molar-refractivity contribution in [2.24, 2.45) is 0 Å². The second kappa shape index (κ2) is 8.32. The van der Waals surface area contributed by atoms with E-state index in [0.717, 1.165) is 49.6 Å². The van der Waals surface area contributed by atoms with Gasteiger partial charge in [-0.2, -0.15) is 0 Å². The third-order valence-corrected chi connectivity index (χ3v) is 4.86. The Morgan fingerprint density at radius 1 is 1.12 bits per heavy atom. The van der Waals surface area contributed by atoms with Gasteiger partial charge in [-0.25, -0.2) is 4.98 Å². The molecule has 3 N–H and O–H groups in total. The number of nitrogens with one attached hydrogen (secondary N) is 2. The van der Waals surface area contributed by atoms with Crippen LogP contribution < -0.4 is 19.5 Å². The highest BCUT2D eigenvalue weighted by Gasteiger charge is 2.27. The average Bonchev–Trinajstić information content (AvgIpc) is 2.63. The number of aromatic nitrogens is 1. The minimum absolute atomic E-state index is 0.353. The van der Waals surface area contributed by atoms with Crippen LogP contribution in [0.2, 0.25) is 0 Å². The summed E-state index contributed by atoms with van der Waals surface area (Å²) in [6.45, 7) is 9.23. The third-order valence-electron chi connectivity index (χ3n) is 4.86. The first-order chi connectivity index (χ1) is 12.1. The number of benzene rings is 1. The van der Waals surface area contributed by atoms with Gasteiger partial charge >= 0.3 is 0 Å². The average molecular weight is 343 g/mol. The van der Waals surface area contributed by atoms with Gasteiger partial charge in [0, 0.05) is 6.07 Å². The van der Waals surface area contributed by atoms with Gasteiger partial charge < -0.3 is 14.7 Å². The van der Waals surface area contributed by atoms with Crippen molar-refractivity contribution in [2.45, 2.75) is 20.0 Å². The second-order valence-electron chi connectivity index (χ2n) is 6.87. The van der Waals surface area contributed by atoms with Crippen molar-refractivity contribution in [3.8, 4) is 5.75 Å². The Hall–Kier alpha value is -2.11. The zero-order valence-corrected chi connectivity index (χ0v) is 15.2. The number of anilines is 1. The van der Waals surface area contributed by atoms with Crippen LogP contribution in [0.15, 0.2) is 42.6 Å². The van der Waals surface area contributed by atoms with E-state index in [4.69, 9.17) is 4.74 Å². The number of ether oxygens (including phenoxy) is 1. The van der Waals surface area contributed by atoms with E-state index in [-0.39, 0.29) is 0 Å². The second-order valence-corrected chi connectivity index (χ2v) is 6.87. The first-order valence-electron chi connectivity index (χ1n) is 9.06. The van der Waals surface area contributed by atoms with Gasteiger partial charge in [0.15, 0.2) is 0 Å². The molecule has 1 aromatic heterocycles. The van der Waals surface area contributed by atoms with Gasteiger partial charge in [-0.1, -0.05) is 24.3 Å². The van der Waals surface area contributed by atoms with Crippen molar-refractivity contribution in [1.82, 2.24) is 0 Å². The van der Waals surface area contributed by atoms with E-state index in [0.29, 0.717) is 6.61 Å². The molecule has 1 aliphatic heterocycles. The maximum atomic E-state index is 10.4. The molecule has 1 aliphatic rings. The molecular formula is C20H29N3O2+2. The first-order valence-corrected chi connectivity index (χ1v) is 9.06. The molecule has 0 unspecified atom stereocenters. The van der Waals surface area contributed by atoms with E-state index in [9.17, 15) is 5.11 Å². The fourth-order valence-electron chi connectivity index (χ4n) is 3.45. The summed E-state index contributed by atoms with van der Waals surface area (Å²) in [6.07, 6.45) is 1.52. The summed E-state index contributed by atoms with van der Waals surface area (Å²) in [7, 11) is 0. The largest absolute Gasteiger partial charge is 0.490 e. The number of para-hydroxylation sites is 1. The highest BCUT2D eigenvalue weighted by molar-refractivity contribution is 5.39. The maximum Gasteiger partial charge on any atom is 0.274 e. The summed E-state index contributed by atoms with van der Waals surface area (Å²) in [5, 5.41) is 10.4. The number of piperazine rings is 1. The van der Waals surface area contributed by atoms with E-state index in [1.54, 1.807) is 0 Å². The Bertz CT molecular complexity index is 650. The lowest BCUT2D eigenvalue weighted by Gasteiger charge is -2.29. The third kappa shape index (κ3) is 4.71. The summed E-state index contributed by atoms with van der Waals surface area (Å²) in [6, 6.07) is 12.3. The first kappa shape index (κ1) is 17.7. The molecule has 25 heavy (non-hydrogen) atoms. The summed E-state index contributed by atoms with van der Waals surface area (Å²) < 4.78 is 5.88. The summed E-state index contributed by atoms with van der Waals surface area (Å²) in [5.41, 5.74) is 2.24. The highest BCUT2D eigenvalue weighted by Crippen LogP contribution is 2.22. The molecule has 1 atom stereocenters. The molecular weight excluding hydrogens is 314 g/mol. The van der Waals surface area contributed by atoms with Crippen LogP contribution in [0, 0.1) is 13.8 Å². The lowest BCUT2D eigenvalue weighted by Crippen LogP contribution is -3.16. The van der Waals surface area contributed by atoms with Gasteiger partial charge in [0.25, 0.3) is 5.82 Å². The predicted octanol–water partition coefficient (Wildman–Crippen LogP) is 0.262. The van der Waals surface area contributed by atoms with Crippen LogP contribution >= 0.6 is 0 Å². The lowest BCUT2D eigenvalue weighted by atomic mass is 10.1. The van der Waals surface area contributed by atoms with E-state index in [2.05, 4.69) is 22.0 Å². The highest BCUT2D eigenvalue weighted by atomic mass is 16.5. The number of pyridine rings is 1. The van der Waals surface area contributed by atoms with Crippen molar-refractivity contribution in [1.29, 1.82) is 0 Å². The molecule has 0 bridgehead atoms. The Kier molecular flexibility index (Phi) is 5.89. The van der Waals surface area contributed by atoms with Crippen LogP contribution in [0.1, 0.15) is 11.1 Å².